The predicted octanol–water partition coefficient (Wildman–Crippen LogP) is 3.91. The van der Waals surface area contributed by atoms with Crippen molar-refractivity contribution in [2.24, 2.45) is 11.3 Å². The minimum absolute atomic E-state index is 0.540. The summed E-state index contributed by atoms with van der Waals surface area (Å²) in [6, 6.07) is 1.42. The van der Waals surface area contributed by atoms with E-state index in [4.69, 9.17) is 0 Å². The highest BCUT2D eigenvalue weighted by atomic mass is 15.1. The van der Waals surface area contributed by atoms with Gasteiger partial charge in [-0.15, -0.1) is 0 Å². The van der Waals surface area contributed by atoms with E-state index in [0.717, 1.165) is 18.5 Å². The van der Waals surface area contributed by atoms with E-state index >= 15 is 0 Å². The van der Waals surface area contributed by atoms with Gasteiger partial charge in [0.1, 0.15) is 0 Å². The zero-order valence-electron chi connectivity index (χ0n) is 14.1. The molecule has 0 aromatic rings. The molecule has 0 amide bonds. The Kier molecular flexibility index (Phi) is 6.82. The number of hydrogen-bond donors (Lipinski definition) is 1. The van der Waals surface area contributed by atoms with Crippen molar-refractivity contribution in [3.8, 4) is 0 Å². The van der Waals surface area contributed by atoms with Gasteiger partial charge in [0.05, 0.1) is 0 Å². The summed E-state index contributed by atoms with van der Waals surface area (Å²) in [7, 11) is 4.46. The van der Waals surface area contributed by atoms with Crippen LogP contribution in [0.5, 0.6) is 0 Å². The monoisotopic (exact) mass is 268 g/mol. The third-order valence-corrected chi connectivity index (χ3v) is 5.08. The maximum absolute atomic E-state index is 3.87. The van der Waals surface area contributed by atoms with Crippen LogP contribution in [0.1, 0.15) is 66.2 Å². The average molecular weight is 268 g/mol. The second kappa shape index (κ2) is 7.64. The Balaban J connectivity index is 2.47. The smallest absolute Gasteiger partial charge is 0.0242 e. The molecular formula is C17H36N2. The largest absolute Gasteiger partial charge is 0.312 e. The van der Waals surface area contributed by atoms with Gasteiger partial charge in [0.2, 0.25) is 0 Å². The SMILES string of the molecule is CCC(CC)C(CNC1CCCC(C)(C)C1)N(C)C. The second-order valence-corrected chi connectivity index (χ2v) is 7.47. The van der Waals surface area contributed by atoms with Gasteiger partial charge >= 0.3 is 0 Å². The van der Waals surface area contributed by atoms with Crippen molar-refractivity contribution in [1.29, 1.82) is 0 Å². The average Bonchev–Trinajstić information content (AvgIpc) is 2.32. The van der Waals surface area contributed by atoms with E-state index in [-0.39, 0.29) is 0 Å². The number of hydrogen-bond acceptors (Lipinski definition) is 2. The van der Waals surface area contributed by atoms with E-state index < -0.39 is 0 Å². The van der Waals surface area contributed by atoms with Crippen LogP contribution in [0.2, 0.25) is 0 Å². The van der Waals surface area contributed by atoms with E-state index in [2.05, 4.69) is 52.0 Å². The zero-order valence-corrected chi connectivity index (χ0v) is 14.1. The third-order valence-electron chi connectivity index (χ3n) is 5.08. The van der Waals surface area contributed by atoms with Crippen molar-refractivity contribution < 1.29 is 0 Å². The molecular weight excluding hydrogens is 232 g/mol. The predicted molar refractivity (Wildman–Crippen MR) is 85.6 cm³/mol. The first-order valence-electron chi connectivity index (χ1n) is 8.29. The number of rotatable bonds is 7. The van der Waals surface area contributed by atoms with Crippen LogP contribution in [0.4, 0.5) is 0 Å². The Morgan fingerprint density at radius 1 is 1.21 bits per heavy atom. The topological polar surface area (TPSA) is 15.3 Å². The van der Waals surface area contributed by atoms with Crippen molar-refractivity contribution in [2.45, 2.75) is 78.3 Å². The van der Waals surface area contributed by atoms with Gasteiger partial charge in [0, 0.05) is 18.6 Å². The van der Waals surface area contributed by atoms with Crippen LogP contribution in [0.15, 0.2) is 0 Å². The summed E-state index contributed by atoms with van der Waals surface area (Å²) >= 11 is 0. The molecule has 1 rings (SSSR count). The van der Waals surface area contributed by atoms with Crippen molar-refractivity contribution in [3.05, 3.63) is 0 Å². The fraction of sp³-hybridized carbons (Fsp3) is 1.00. The molecule has 1 saturated carbocycles. The molecule has 0 bridgehead atoms. The molecule has 0 radical (unpaired) electrons. The highest BCUT2D eigenvalue weighted by molar-refractivity contribution is 4.85. The Morgan fingerprint density at radius 3 is 2.32 bits per heavy atom. The number of nitrogens with one attached hydrogen (secondary N) is 1. The Hall–Kier alpha value is -0.0800. The summed E-state index contributed by atoms with van der Waals surface area (Å²) in [5.74, 6) is 0.819. The van der Waals surface area contributed by atoms with Gasteiger partial charge in [0.15, 0.2) is 0 Å². The molecule has 2 nitrogen and oxygen atoms in total. The zero-order chi connectivity index (χ0) is 14.5. The van der Waals surface area contributed by atoms with Crippen molar-refractivity contribution in [2.75, 3.05) is 20.6 Å². The molecule has 1 aliphatic rings. The molecule has 2 unspecified atom stereocenters. The van der Waals surface area contributed by atoms with Gasteiger partial charge in [-0.1, -0.05) is 47.0 Å². The van der Waals surface area contributed by atoms with E-state index in [1.54, 1.807) is 0 Å². The molecule has 0 aromatic carbocycles. The van der Waals surface area contributed by atoms with Crippen LogP contribution in [0, 0.1) is 11.3 Å². The van der Waals surface area contributed by atoms with E-state index in [9.17, 15) is 0 Å². The fourth-order valence-corrected chi connectivity index (χ4v) is 3.76. The molecule has 1 fully saturated rings. The Labute approximate surface area is 121 Å². The molecule has 0 aromatic heterocycles. The molecule has 0 heterocycles. The maximum Gasteiger partial charge on any atom is 0.0242 e. The van der Waals surface area contributed by atoms with E-state index in [1.165, 1.54) is 38.5 Å². The lowest BCUT2D eigenvalue weighted by Gasteiger charge is -2.38. The Bertz CT molecular complexity index is 244. The lowest BCUT2D eigenvalue weighted by atomic mass is 9.75. The minimum atomic E-state index is 0.540. The van der Waals surface area contributed by atoms with Crippen LogP contribution >= 0.6 is 0 Å². The molecule has 2 heteroatoms. The van der Waals surface area contributed by atoms with Crippen LogP contribution in [0.25, 0.3) is 0 Å². The summed E-state index contributed by atoms with van der Waals surface area (Å²) in [6.07, 6.45) is 8.08. The van der Waals surface area contributed by atoms with Gasteiger partial charge in [-0.3, -0.25) is 0 Å². The van der Waals surface area contributed by atoms with Gasteiger partial charge in [-0.25, -0.2) is 0 Å². The van der Waals surface area contributed by atoms with Gasteiger partial charge < -0.3 is 10.2 Å². The summed E-state index contributed by atoms with van der Waals surface area (Å²) in [5.41, 5.74) is 0.540. The third kappa shape index (κ3) is 5.43. The van der Waals surface area contributed by atoms with E-state index in [0.29, 0.717) is 11.5 Å². The van der Waals surface area contributed by atoms with Gasteiger partial charge in [0.25, 0.3) is 0 Å². The fourth-order valence-electron chi connectivity index (χ4n) is 3.76. The summed E-state index contributed by atoms with van der Waals surface area (Å²) < 4.78 is 0. The first-order valence-corrected chi connectivity index (χ1v) is 8.29. The standard InChI is InChI=1S/C17H36N2/c1-7-14(8-2)16(19(5)6)13-18-15-10-9-11-17(3,4)12-15/h14-16,18H,7-13H2,1-6H3. The first kappa shape index (κ1) is 17.0. The van der Waals surface area contributed by atoms with Gasteiger partial charge in [-0.05, 0) is 44.7 Å². The van der Waals surface area contributed by atoms with Crippen molar-refractivity contribution >= 4 is 0 Å². The quantitative estimate of drug-likeness (QED) is 0.753. The maximum atomic E-state index is 3.87. The lowest BCUT2D eigenvalue weighted by Crippen LogP contribution is -2.47. The number of likely N-dealkylation sites (N-methyl/N-ethyl adjacent to an activating group) is 1. The molecule has 1 N–H and O–H groups in total. The first-order chi connectivity index (χ1) is 8.89. The molecule has 2 atom stereocenters. The lowest BCUT2D eigenvalue weighted by molar-refractivity contribution is 0.160. The Morgan fingerprint density at radius 2 is 1.84 bits per heavy atom. The van der Waals surface area contributed by atoms with Crippen LogP contribution < -0.4 is 5.32 Å². The van der Waals surface area contributed by atoms with Gasteiger partial charge in [-0.2, -0.15) is 0 Å². The highest BCUT2D eigenvalue weighted by Crippen LogP contribution is 2.35. The van der Waals surface area contributed by atoms with Crippen LogP contribution in [-0.2, 0) is 0 Å². The van der Waals surface area contributed by atoms with Crippen LogP contribution in [0.3, 0.4) is 0 Å². The second-order valence-electron chi connectivity index (χ2n) is 7.47. The minimum Gasteiger partial charge on any atom is -0.312 e. The van der Waals surface area contributed by atoms with Crippen LogP contribution in [-0.4, -0.2) is 37.6 Å². The molecule has 1 aliphatic carbocycles. The summed E-state index contributed by atoms with van der Waals surface area (Å²) in [5, 5.41) is 3.87. The molecule has 19 heavy (non-hydrogen) atoms. The van der Waals surface area contributed by atoms with Crippen molar-refractivity contribution in [1.82, 2.24) is 10.2 Å². The number of nitrogens with zero attached hydrogens (tertiary/aromatic N) is 1. The summed E-state index contributed by atoms with van der Waals surface area (Å²) in [6.45, 7) is 10.7. The molecule has 0 spiro atoms. The highest BCUT2D eigenvalue weighted by Gasteiger charge is 2.29. The molecule has 0 saturated heterocycles. The summed E-state index contributed by atoms with van der Waals surface area (Å²) in [4.78, 5) is 2.42. The normalized spacial score (nSPS) is 24.9. The van der Waals surface area contributed by atoms with Crippen molar-refractivity contribution in [3.63, 3.8) is 0 Å². The molecule has 114 valence electrons. The molecule has 0 aliphatic heterocycles. The van der Waals surface area contributed by atoms with E-state index in [1.807, 2.05) is 0 Å².